The van der Waals surface area contributed by atoms with Crippen LogP contribution in [-0.4, -0.2) is 25.7 Å². The number of rotatable bonds is 6. The van der Waals surface area contributed by atoms with E-state index in [9.17, 15) is 4.79 Å². The molecule has 2 aromatic carbocycles. The third-order valence-electron chi connectivity index (χ3n) is 3.78. The highest BCUT2D eigenvalue weighted by Gasteiger charge is 2.11. The fraction of sp³-hybridized carbons (Fsp3) is 0.0526. The van der Waals surface area contributed by atoms with Crippen LogP contribution in [-0.2, 0) is 6.61 Å². The molecule has 0 fully saturated rings. The molecule has 1 amide bonds. The highest BCUT2D eigenvalue weighted by atomic mass is 32.1. The Balaban J connectivity index is 1.50. The van der Waals surface area contributed by atoms with Gasteiger partial charge in [0.1, 0.15) is 25.0 Å². The second-order valence-corrected chi connectivity index (χ2v) is 6.33. The SMILES string of the molecule is O=C(Nc1ccccc1-n1cncn1)c1cccc(OCc2cscn2)c1. The van der Waals surface area contributed by atoms with Gasteiger partial charge in [-0.2, -0.15) is 5.10 Å². The number of thiazole rings is 1. The smallest absolute Gasteiger partial charge is 0.255 e. The van der Waals surface area contributed by atoms with Crippen molar-refractivity contribution in [3.8, 4) is 11.4 Å². The molecule has 7 nitrogen and oxygen atoms in total. The largest absolute Gasteiger partial charge is 0.487 e. The van der Waals surface area contributed by atoms with Gasteiger partial charge in [-0.3, -0.25) is 4.79 Å². The minimum atomic E-state index is -0.235. The van der Waals surface area contributed by atoms with Gasteiger partial charge in [0.15, 0.2) is 0 Å². The van der Waals surface area contributed by atoms with Crippen molar-refractivity contribution in [3.63, 3.8) is 0 Å². The summed E-state index contributed by atoms with van der Waals surface area (Å²) in [5.74, 6) is 0.377. The standard InChI is InChI=1S/C19H15N5O2S/c25-19(23-17-6-1-2-7-18(17)24-12-20-11-22-24)14-4-3-5-16(8-14)26-9-15-10-27-13-21-15/h1-8,10-13H,9H2,(H,23,25). The normalized spacial score (nSPS) is 10.5. The molecule has 0 unspecified atom stereocenters. The Hall–Kier alpha value is -3.52. The van der Waals surface area contributed by atoms with Crippen LogP contribution in [0.5, 0.6) is 5.75 Å². The maximum Gasteiger partial charge on any atom is 0.255 e. The Kier molecular flexibility index (Phi) is 4.88. The average molecular weight is 377 g/mol. The number of carbonyl (C=O) groups excluding carboxylic acids is 1. The zero-order valence-electron chi connectivity index (χ0n) is 14.1. The van der Waals surface area contributed by atoms with Crippen LogP contribution in [0, 0.1) is 0 Å². The predicted octanol–water partition coefficient (Wildman–Crippen LogP) is 3.56. The molecule has 0 aliphatic heterocycles. The minimum Gasteiger partial charge on any atom is -0.487 e. The third-order valence-corrected chi connectivity index (χ3v) is 4.42. The first-order valence-corrected chi connectivity index (χ1v) is 9.09. The van der Waals surface area contributed by atoms with Crippen LogP contribution in [0.2, 0.25) is 0 Å². The number of nitrogens with one attached hydrogen (secondary N) is 1. The number of ether oxygens (including phenoxy) is 1. The summed E-state index contributed by atoms with van der Waals surface area (Å²) in [5, 5.41) is 8.97. The molecule has 0 spiro atoms. The molecule has 1 N–H and O–H groups in total. The summed E-state index contributed by atoms with van der Waals surface area (Å²) < 4.78 is 7.32. The van der Waals surface area contributed by atoms with Gasteiger partial charge in [0.2, 0.25) is 0 Å². The third kappa shape index (κ3) is 4.01. The van der Waals surface area contributed by atoms with Crippen molar-refractivity contribution < 1.29 is 9.53 Å². The number of benzene rings is 2. The van der Waals surface area contributed by atoms with Crippen LogP contribution < -0.4 is 10.1 Å². The quantitative estimate of drug-likeness (QED) is 0.556. The number of amides is 1. The van der Waals surface area contributed by atoms with E-state index >= 15 is 0 Å². The first-order chi connectivity index (χ1) is 13.3. The minimum absolute atomic E-state index is 0.235. The fourth-order valence-electron chi connectivity index (χ4n) is 2.50. The van der Waals surface area contributed by atoms with Crippen LogP contribution in [0.15, 0.2) is 72.1 Å². The summed E-state index contributed by atoms with van der Waals surface area (Å²) in [6, 6.07) is 14.4. The molecule has 27 heavy (non-hydrogen) atoms. The van der Waals surface area contributed by atoms with Crippen LogP contribution >= 0.6 is 11.3 Å². The maximum absolute atomic E-state index is 12.7. The number of hydrogen-bond donors (Lipinski definition) is 1. The molecule has 2 heterocycles. The molecule has 0 bridgehead atoms. The molecule has 0 aliphatic carbocycles. The van der Waals surface area contributed by atoms with Gasteiger partial charge < -0.3 is 10.1 Å². The lowest BCUT2D eigenvalue weighted by Gasteiger charge is -2.11. The van der Waals surface area contributed by atoms with E-state index in [0.717, 1.165) is 11.4 Å². The number of hydrogen-bond acceptors (Lipinski definition) is 6. The van der Waals surface area contributed by atoms with Crippen molar-refractivity contribution in [3.05, 3.63) is 83.3 Å². The van der Waals surface area contributed by atoms with Crippen LogP contribution in [0.1, 0.15) is 16.1 Å². The zero-order valence-corrected chi connectivity index (χ0v) is 15.0. The van der Waals surface area contributed by atoms with Crippen LogP contribution in [0.25, 0.3) is 5.69 Å². The van der Waals surface area contributed by atoms with Crippen molar-refractivity contribution in [2.75, 3.05) is 5.32 Å². The molecule has 4 aromatic rings. The predicted molar refractivity (Wildman–Crippen MR) is 102 cm³/mol. The van der Waals surface area contributed by atoms with E-state index in [1.165, 1.54) is 17.7 Å². The summed E-state index contributed by atoms with van der Waals surface area (Å²) in [6.45, 7) is 0.365. The summed E-state index contributed by atoms with van der Waals surface area (Å²) in [5.41, 5.74) is 4.49. The van der Waals surface area contributed by atoms with E-state index in [1.54, 1.807) is 34.7 Å². The Bertz CT molecular complexity index is 1030. The average Bonchev–Trinajstić information content (AvgIpc) is 3.41. The molecule has 134 valence electrons. The number of para-hydroxylation sites is 2. The van der Waals surface area contributed by atoms with Crippen molar-refractivity contribution in [1.29, 1.82) is 0 Å². The molecular weight excluding hydrogens is 362 g/mol. The van der Waals surface area contributed by atoms with E-state index in [2.05, 4.69) is 20.4 Å². The van der Waals surface area contributed by atoms with E-state index in [4.69, 9.17) is 4.74 Å². The first-order valence-electron chi connectivity index (χ1n) is 8.15. The van der Waals surface area contributed by atoms with E-state index in [1.807, 2.05) is 35.7 Å². The second kappa shape index (κ2) is 7.79. The van der Waals surface area contributed by atoms with Crippen molar-refractivity contribution in [2.24, 2.45) is 0 Å². The summed E-state index contributed by atoms with van der Waals surface area (Å²) in [7, 11) is 0. The lowest BCUT2D eigenvalue weighted by Crippen LogP contribution is -2.14. The lowest BCUT2D eigenvalue weighted by molar-refractivity contribution is 0.102. The van der Waals surface area contributed by atoms with Gasteiger partial charge in [-0.1, -0.05) is 18.2 Å². The van der Waals surface area contributed by atoms with Gasteiger partial charge in [0, 0.05) is 10.9 Å². The van der Waals surface area contributed by atoms with Gasteiger partial charge in [0.25, 0.3) is 5.91 Å². The van der Waals surface area contributed by atoms with Crippen molar-refractivity contribution in [1.82, 2.24) is 19.7 Å². The maximum atomic E-state index is 12.7. The Morgan fingerprint density at radius 1 is 1.19 bits per heavy atom. The molecule has 0 aliphatic rings. The van der Waals surface area contributed by atoms with Gasteiger partial charge in [0.05, 0.1) is 22.6 Å². The molecule has 0 radical (unpaired) electrons. The van der Waals surface area contributed by atoms with Gasteiger partial charge >= 0.3 is 0 Å². The first kappa shape index (κ1) is 16.9. The number of aromatic nitrogens is 4. The van der Waals surface area contributed by atoms with E-state index < -0.39 is 0 Å². The topological polar surface area (TPSA) is 81.9 Å². The van der Waals surface area contributed by atoms with Crippen molar-refractivity contribution in [2.45, 2.75) is 6.61 Å². The van der Waals surface area contributed by atoms with Gasteiger partial charge in [-0.05, 0) is 30.3 Å². The molecule has 0 saturated heterocycles. The summed E-state index contributed by atoms with van der Waals surface area (Å²) >= 11 is 1.52. The van der Waals surface area contributed by atoms with E-state index in [0.29, 0.717) is 23.6 Å². The number of carbonyl (C=O) groups is 1. The fourth-order valence-corrected chi connectivity index (χ4v) is 3.04. The highest BCUT2D eigenvalue weighted by Crippen LogP contribution is 2.21. The van der Waals surface area contributed by atoms with Crippen LogP contribution in [0.4, 0.5) is 5.69 Å². The molecule has 4 rings (SSSR count). The molecule has 0 saturated carbocycles. The number of anilines is 1. The van der Waals surface area contributed by atoms with Gasteiger partial charge in [-0.25, -0.2) is 14.6 Å². The van der Waals surface area contributed by atoms with E-state index in [-0.39, 0.29) is 5.91 Å². The Morgan fingerprint density at radius 2 is 2.11 bits per heavy atom. The zero-order chi connectivity index (χ0) is 18.5. The summed E-state index contributed by atoms with van der Waals surface area (Å²) in [6.07, 6.45) is 3.03. The van der Waals surface area contributed by atoms with Crippen LogP contribution in [0.3, 0.4) is 0 Å². The second-order valence-electron chi connectivity index (χ2n) is 5.61. The van der Waals surface area contributed by atoms with Crippen molar-refractivity contribution >= 4 is 22.9 Å². The molecule has 8 heteroatoms. The molecule has 0 atom stereocenters. The Morgan fingerprint density at radius 3 is 2.93 bits per heavy atom. The molecule has 2 aromatic heterocycles. The highest BCUT2D eigenvalue weighted by molar-refractivity contribution is 7.07. The lowest BCUT2D eigenvalue weighted by atomic mass is 10.2. The number of nitrogens with zero attached hydrogens (tertiary/aromatic N) is 4. The van der Waals surface area contributed by atoms with Gasteiger partial charge in [-0.15, -0.1) is 11.3 Å². The summed E-state index contributed by atoms with van der Waals surface area (Å²) in [4.78, 5) is 20.8. The molecular formula is C19H15N5O2S. The Labute approximate surface area is 159 Å². The monoisotopic (exact) mass is 377 g/mol.